The minimum Gasteiger partial charge on any atom is -0.0616 e. The third kappa shape index (κ3) is 3.27. The molecule has 0 aliphatic carbocycles. The van der Waals surface area contributed by atoms with Gasteiger partial charge in [0.2, 0.25) is 0 Å². The summed E-state index contributed by atoms with van der Waals surface area (Å²) in [4.78, 5) is 0. The summed E-state index contributed by atoms with van der Waals surface area (Å²) in [7, 11) is 0. The van der Waals surface area contributed by atoms with Gasteiger partial charge >= 0.3 is 0 Å². The molecule has 0 nitrogen and oxygen atoms in total. The van der Waals surface area contributed by atoms with E-state index in [4.69, 9.17) is 0 Å². The van der Waals surface area contributed by atoms with E-state index in [1.807, 2.05) is 0 Å². The number of benzene rings is 5. The quantitative estimate of drug-likeness (QED) is 0.225. The van der Waals surface area contributed by atoms with Crippen LogP contribution in [0.1, 0.15) is 55.6 Å². The predicted octanol–water partition coefficient (Wildman–Crippen LogP) is 10.4. The first kappa shape index (κ1) is 24.3. The Labute approximate surface area is 217 Å². The lowest BCUT2D eigenvalue weighted by Crippen LogP contribution is -2.03. The molecule has 0 radical (unpaired) electrons. The molecule has 5 aromatic rings. The lowest BCUT2D eigenvalue weighted by atomic mass is 9.78. The molecular weight excluding hydrogens is 432 g/mol. The minimum atomic E-state index is 1.34. The Balaban J connectivity index is 2.08. The van der Waals surface area contributed by atoms with E-state index in [0.717, 1.165) is 0 Å². The van der Waals surface area contributed by atoms with Crippen molar-refractivity contribution in [3.63, 3.8) is 0 Å². The van der Waals surface area contributed by atoms with Crippen molar-refractivity contribution in [3.8, 4) is 22.3 Å². The fourth-order valence-electron chi connectivity index (χ4n) is 6.42. The topological polar surface area (TPSA) is 0 Å². The van der Waals surface area contributed by atoms with E-state index >= 15 is 0 Å². The summed E-state index contributed by atoms with van der Waals surface area (Å²) < 4.78 is 0. The van der Waals surface area contributed by atoms with Gasteiger partial charge in [-0.05, 0) is 169 Å². The van der Waals surface area contributed by atoms with Crippen LogP contribution in [0.5, 0.6) is 0 Å². The lowest BCUT2D eigenvalue weighted by molar-refractivity contribution is 1.18. The Kier molecular flexibility index (Phi) is 5.83. The van der Waals surface area contributed by atoms with Crippen LogP contribution in [0.25, 0.3) is 43.8 Å². The number of rotatable bonds is 2. The lowest BCUT2D eigenvalue weighted by Gasteiger charge is -2.25. The van der Waals surface area contributed by atoms with E-state index in [1.54, 1.807) is 0 Å². The SMILES string of the molecule is Cc1c(C)c(C)c(-c2c3ccccc3c(-c3c(C)c(C)c(C)c(C)c3C)c3ccccc23)c(C)c1C. The predicted molar refractivity (Wildman–Crippen MR) is 160 cm³/mol. The van der Waals surface area contributed by atoms with Crippen molar-refractivity contribution in [1.29, 1.82) is 0 Å². The van der Waals surface area contributed by atoms with Crippen LogP contribution in [0.15, 0.2) is 48.5 Å². The zero-order chi connectivity index (χ0) is 26.0. The fourth-order valence-corrected chi connectivity index (χ4v) is 6.42. The number of hydrogen-bond acceptors (Lipinski definition) is 0. The van der Waals surface area contributed by atoms with Crippen molar-refractivity contribution < 1.29 is 0 Å². The molecule has 0 spiro atoms. The summed E-state index contributed by atoms with van der Waals surface area (Å²) in [5.41, 5.74) is 19.6. The molecule has 0 heteroatoms. The van der Waals surface area contributed by atoms with E-state index < -0.39 is 0 Å². The van der Waals surface area contributed by atoms with Crippen molar-refractivity contribution in [3.05, 3.63) is 104 Å². The van der Waals surface area contributed by atoms with Gasteiger partial charge in [-0.3, -0.25) is 0 Å². The van der Waals surface area contributed by atoms with E-state index in [1.165, 1.54) is 99.4 Å². The number of hydrogen-bond donors (Lipinski definition) is 0. The maximum absolute atomic E-state index is 2.34. The molecule has 0 saturated carbocycles. The summed E-state index contributed by atoms with van der Waals surface area (Å²) in [5.74, 6) is 0. The van der Waals surface area contributed by atoms with E-state index in [2.05, 4.69) is 118 Å². The Bertz CT molecular complexity index is 1470. The fraction of sp³-hybridized carbons (Fsp3) is 0.278. The molecule has 0 aromatic heterocycles. The summed E-state index contributed by atoms with van der Waals surface area (Å²) in [6.45, 7) is 22.9. The Morgan fingerprint density at radius 3 is 0.667 bits per heavy atom. The van der Waals surface area contributed by atoms with E-state index in [9.17, 15) is 0 Å². The van der Waals surface area contributed by atoms with E-state index in [0.29, 0.717) is 0 Å². The van der Waals surface area contributed by atoms with Crippen molar-refractivity contribution in [2.75, 3.05) is 0 Å². The highest BCUT2D eigenvalue weighted by molar-refractivity contribution is 6.22. The molecule has 5 rings (SSSR count). The molecule has 0 heterocycles. The smallest absolute Gasteiger partial charge is 0.00208 e. The first-order valence-corrected chi connectivity index (χ1v) is 13.2. The second-order valence-electron chi connectivity index (χ2n) is 10.8. The van der Waals surface area contributed by atoms with Crippen LogP contribution >= 0.6 is 0 Å². The number of fused-ring (bicyclic) bond motifs is 2. The van der Waals surface area contributed by atoms with Crippen LogP contribution in [0.4, 0.5) is 0 Å². The average molecular weight is 471 g/mol. The molecular formula is C36H38. The first-order chi connectivity index (χ1) is 17.1. The van der Waals surface area contributed by atoms with Crippen molar-refractivity contribution in [2.45, 2.75) is 69.2 Å². The molecule has 5 aromatic carbocycles. The molecule has 0 bridgehead atoms. The van der Waals surface area contributed by atoms with Gasteiger partial charge in [0.1, 0.15) is 0 Å². The molecule has 0 aliphatic heterocycles. The molecule has 0 amide bonds. The molecule has 0 fully saturated rings. The highest BCUT2D eigenvalue weighted by Gasteiger charge is 2.23. The average Bonchev–Trinajstić information content (AvgIpc) is 2.89. The van der Waals surface area contributed by atoms with Gasteiger partial charge < -0.3 is 0 Å². The van der Waals surface area contributed by atoms with Gasteiger partial charge in [0.05, 0.1) is 0 Å². The zero-order valence-electron chi connectivity index (χ0n) is 23.6. The third-order valence-corrected chi connectivity index (χ3v) is 9.43. The van der Waals surface area contributed by atoms with Crippen molar-refractivity contribution in [1.82, 2.24) is 0 Å². The maximum atomic E-state index is 2.34. The molecule has 36 heavy (non-hydrogen) atoms. The second kappa shape index (κ2) is 8.63. The van der Waals surface area contributed by atoms with Crippen LogP contribution in [0.2, 0.25) is 0 Å². The van der Waals surface area contributed by atoms with Gasteiger partial charge in [0, 0.05) is 0 Å². The van der Waals surface area contributed by atoms with Crippen LogP contribution in [0.3, 0.4) is 0 Å². The Morgan fingerprint density at radius 2 is 0.444 bits per heavy atom. The largest absolute Gasteiger partial charge is 0.0616 e. The molecule has 0 saturated heterocycles. The van der Waals surface area contributed by atoms with Crippen LogP contribution < -0.4 is 0 Å². The van der Waals surface area contributed by atoms with Crippen LogP contribution in [-0.2, 0) is 0 Å². The highest BCUT2D eigenvalue weighted by atomic mass is 14.3. The van der Waals surface area contributed by atoms with Crippen molar-refractivity contribution >= 4 is 21.5 Å². The standard InChI is InChI=1S/C36H38/c1-19-21(3)25(7)33(26(8)22(19)4)35-29-15-11-13-17-31(29)36(32-18-14-12-16-30(32)35)34-27(9)23(5)20(2)24(6)28(34)10/h11-18H,1-10H3. The summed E-state index contributed by atoms with van der Waals surface area (Å²) in [6, 6.07) is 18.2. The van der Waals surface area contributed by atoms with Gasteiger partial charge in [0.15, 0.2) is 0 Å². The third-order valence-electron chi connectivity index (χ3n) is 9.43. The van der Waals surface area contributed by atoms with Gasteiger partial charge in [-0.15, -0.1) is 0 Å². The molecule has 0 N–H and O–H groups in total. The maximum Gasteiger partial charge on any atom is -0.00208 e. The van der Waals surface area contributed by atoms with Crippen molar-refractivity contribution in [2.24, 2.45) is 0 Å². The summed E-state index contributed by atoms with van der Waals surface area (Å²) in [5, 5.41) is 5.37. The van der Waals surface area contributed by atoms with Crippen LogP contribution in [-0.4, -0.2) is 0 Å². The molecule has 182 valence electrons. The monoisotopic (exact) mass is 470 g/mol. The minimum absolute atomic E-state index is 1.34. The summed E-state index contributed by atoms with van der Waals surface area (Å²) in [6.07, 6.45) is 0. The molecule has 0 unspecified atom stereocenters. The Hall–Kier alpha value is -3.38. The Morgan fingerprint density at radius 1 is 0.250 bits per heavy atom. The first-order valence-electron chi connectivity index (χ1n) is 13.2. The van der Waals surface area contributed by atoms with Gasteiger partial charge in [-0.2, -0.15) is 0 Å². The molecule has 0 atom stereocenters. The summed E-state index contributed by atoms with van der Waals surface area (Å²) >= 11 is 0. The second-order valence-corrected chi connectivity index (χ2v) is 10.8. The van der Waals surface area contributed by atoms with E-state index in [-0.39, 0.29) is 0 Å². The molecule has 0 aliphatic rings. The van der Waals surface area contributed by atoms with Gasteiger partial charge in [-0.25, -0.2) is 0 Å². The normalized spacial score (nSPS) is 11.6. The highest BCUT2D eigenvalue weighted by Crippen LogP contribution is 2.48. The van der Waals surface area contributed by atoms with Gasteiger partial charge in [0.25, 0.3) is 0 Å². The zero-order valence-corrected chi connectivity index (χ0v) is 23.6. The van der Waals surface area contributed by atoms with Crippen LogP contribution in [0, 0.1) is 69.2 Å². The van der Waals surface area contributed by atoms with Gasteiger partial charge in [-0.1, -0.05) is 48.5 Å².